The van der Waals surface area contributed by atoms with Crippen molar-refractivity contribution in [2.45, 2.75) is 10.8 Å². The summed E-state index contributed by atoms with van der Waals surface area (Å²) in [5.41, 5.74) is 1.70. The highest BCUT2D eigenvalue weighted by atomic mass is 35.5. The van der Waals surface area contributed by atoms with Gasteiger partial charge < -0.3 is 15.0 Å². The minimum absolute atomic E-state index is 0.0427. The molecule has 3 aromatic rings. The standard InChI is InChI=1S/C21H20Cl3N3O3S2/c22-15-8-14(9-16(23)10-15)13-26-32(28,29)20-12-19(24)21(31-20)30-18-3-1-2-17(11-18)27-6-4-25-5-7-27/h1-3,8-12,25-26H,4-7,13H2. The van der Waals surface area contributed by atoms with E-state index in [-0.39, 0.29) is 15.8 Å². The lowest BCUT2D eigenvalue weighted by Crippen LogP contribution is -2.43. The van der Waals surface area contributed by atoms with Crippen LogP contribution in [0.1, 0.15) is 5.56 Å². The number of nitrogens with one attached hydrogen (secondary N) is 2. The molecule has 0 atom stereocenters. The second-order valence-electron chi connectivity index (χ2n) is 7.14. The minimum atomic E-state index is -3.80. The van der Waals surface area contributed by atoms with Crippen molar-refractivity contribution in [3.8, 4) is 10.8 Å². The Morgan fingerprint density at radius 3 is 2.47 bits per heavy atom. The largest absolute Gasteiger partial charge is 0.445 e. The van der Waals surface area contributed by atoms with Crippen molar-refractivity contribution in [3.05, 3.63) is 69.2 Å². The molecule has 0 amide bonds. The SMILES string of the molecule is O=S(=O)(NCc1cc(Cl)cc(Cl)c1)c1cc(Cl)c(Oc2cccc(N3CCNCC3)c2)s1. The Morgan fingerprint density at radius 2 is 1.75 bits per heavy atom. The molecule has 32 heavy (non-hydrogen) atoms. The average Bonchev–Trinajstić information content (AvgIpc) is 3.14. The van der Waals surface area contributed by atoms with Crippen LogP contribution in [0.3, 0.4) is 0 Å². The first kappa shape index (κ1) is 23.6. The Morgan fingerprint density at radius 1 is 1.03 bits per heavy atom. The lowest BCUT2D eigenvalue weighted by Gasteiger charge is -2.29. The minimum Gasteiger partial charge on any atom is -0.445 e. The van der Waals surface area contributed by atoms with Crippen molar-refractivity contribution in [2.75, 3.05) is 31.1 Å². The highest BCUT2D eigenvalue weighted by Crippen LogP contribution is 2.40. The van der Waals surface area contributed by atoms with Gasteiger partial charge in [0.15, 0.2) is 0 Å². The van der Waals surface area contributed by atoms with Gasteiger partial charge in [-0.25, -0.2) is 13.1 Å². The van der Waals surface area contributed by atoms with Crippen molar-refractivity contribution in [3.63, 3.8) is 0 Å². The first-order chi connectivity index (χ1) is 15.3. The van der Waals surface area contributed by atoms with Gasteiger partial charge in [-0.3, -0.25) is 0 Å². The van der Waals surface area contributed by atoms with Gasteiger partial charge in [0.05, 0.1) is 5.02 Å². The summed E-state index contributed by atoms with van der Waals surface area (Å²) in [5, 5.41) is 4.74. The number of benzene rings is 2. The van der Waals surface area contributed by atoms with Gasteiger partial charge in [0, 0.05) is 54.5 Å². The van der Waals surface area contributed by atoms with Crippen LogP contribution in [0.2, 0.25) is 15.1 Å². The predicted molar refractivity (Wildman–Crippen MR) is 131 cm³/mol. The molecule has 2 heterocycles. The number of thiophene rings is 1. The molecule has 4 rings (SSSR count). The molecule has 1 aliphatic rings. The summed E-state index contributed by atoms with van der Waals surface area (Å²) in [5.74, 6) is 0.593. The molecule has 2 aromatic carbocycles. The fraction of sp³-hybridized carbons (Fsp3) is 0.238. The summed E-state index contributed by atoms with van der Waals surface area (Å²) < 4.78 is 34.0. The van der Waals surface area contributed by atoms with E-state index in [1.807, 2.05) is 24.3 Å². The zero-order valence-corrected chi connectivity index (χ0v) is 20.7. The highest BCUT2D eigenvalue weighted by Gasteiger charge is 2.21. The number of ether oxygens (including phenoxy) is 1. The Labute approximate surface area is 206 Å². The second kappa shape index (κ2) is 10.2. The molecule has 2 N–H and O–H groups in total. The van der Waals surface area contributed by atoms with Gasteiger partial charge in [0.2, 0.25) is 5.06 Å². The number of rotatable bonds is 7. The Hall–Kier alpha value is -1.52. The van der Waals surface area contributed by atoms with Crippen molar-refractivity contribution < 1.29 is 13.2 Å². The van der Waals surface area contributed by atoms with Gasteiger partial charge >= 0.3 is 0 Å². The van der Waals surface area contributed by atoms with Gasteiger partial charge in [-0.2, -0.15) is 0 Å². The van der Waals surface area contributed by atoms with E-state index in [9.17, 15) is 8.42 Å². The van der Waals surface area contributed by atoms with Crippen molar-refractivity contribution in [1.82, 2.24) is 10.0 Å². The predicted octanol–water partition coefficient (Wildman–Crippen LogP) is 5.39. The normalized spacial score (nSPS) is 14.5. The quantitative estimate of drug-likeness (QED) is 0.427. The molecule has 1 aromatic heterocycles. The third-order valence-corrected chi connectivity index (χ3v) is 8.51. The molecule has 1 saturated heterocycles. The fourth-order valence-corrected chi connectivity index (χ4v) is 6.50. The molecule has 1 fully saturated rings. The Bertz CT molecular complexity index is 1190. The van der Waals surface area contributed by atoms with Gasteiger partial charge in [-0.05, 0) is 42.0 Å². The van der Waals surface area contributed by atoms with Crippen LogP contribution in [-0.2, 0) is 16.6 Å². The molecule has 1 aliphatic heterocycles. The van der Waals surface area contributed by atoms with E-state index in [1.165, 1.54) is 6.07 Å². The van der Waals surface area contributed by atoms with Gasteiger partial charge in [-0.1, -0.05) is 52.2 Å². The fourth-order valence-electron chi connectivity index (χ4n) is 3.27. The number of piperazine rings is 1. The molecule has 170 valence electrons. The van der Waals surface area contributed by atoms with Crippen LogP contribution in [0, 0.1) is 0 Å². The molecule has 0 unspecified atom stereocenters. The maximum atomic E-state index is 12.8. The van der Waals surface area contributed by atoms with Crippen LogP contribution >= 0.6 is 46.1 Å². The van der Waals surface area contributed by atoms with Crippen molar-refractivity contribution in [2.24, 2.45) is 0 Å². The molecular weight excluding hydrogens is 513 g/mol. The van der Waals surface area contributed by atoms with Gasteiger partial charge in [-0.15, -0.1) is 0 Å². The highest BCUT2D eigenvalue weighted by molar-refractivity contribution is 7.91. The van der Waals surface area contributed by atoms with Crippen molar-refractivity contribution >= 4 is 61.9 Å². The third-order valence-electron chi connectivity index (χ3n) is 4.80. The van der Waals surface area contributed by atoms with E-state index < -0.39 is 10.0 Å². The Balaban J connectivity index is 1.47. The summed E-state index contributed by atoms with van der Waals surface area (Å²) in [6.45, 7) is 3.72. The zero-order valence-electron chi connectivity index (χ0n) is 16.8. The van der Waals surface area contributed by atoms with E-state index in [0.717, 1.165) is 43.2 Å². The van der Waals surface area contributed by atoms with Crippen LogP contribution < -0.4 is 19.7 Å². The molecule has 0 aliphatic carbocycles. The maximum absolute atomic E-state index is 12.8. The van der Waals surface area contributed by atoms with Crippen LogP contribution in [-0.4, -0.2) is 34.6 Å². The topological polar surface area (TPSA) is 70.7 Å². The number of sulfonamides is 1. The number of nitrogens with zero attached hydrogens (tertiary/aromatic N) is 1. The first-order valence-corrected chi connectivity index (χ1v) is 13.2. The lowest BCUT2D eigenvalue weighted by molar-refractivity contribution is 0.496. The maximum Gasteiger partial charge on any atom is 0.250 e. The molecule has 6 nitrogen and oxygen atoms in total. The molecular formula is C21H20Cl3N3O3S2. The summed E-state index contributed by atoms with van der Waals surface area (Å²) in [6, 6.07) is 13.9. The van der Waals surface area contributed by atoms with Crippen LogP contribution in [0.5, 0.6) is 10.8 Å². The molecule has 0 bridgehead atoms. The molecule has 11 heteroatoms. The first-order valence-electron chi connectivity index (χ1n) is 9.78. The van der Waals surface area contributed by atoms with Crippen LogP contribution in [0.25, 0.3) is 0 Å². The summed E-state index contributed by atoms with van der Waals surface area (Å²) >= 11 is 19.2. The van der Waals surface area contributed by atoms with Crippen LogP contribution in [0.4, 0.5) is 5.69 Å². The average molecular weight is 533 g/mol. The summed E-state index contributed by atoms with van der Waals surface area (Å²) in [6.07, 6.45) is 0. The van der Waals surface area contributed by atoms with Crippen LogP contribution in [0.15, 0.2) is 52.7 Å². The van der Waals surface area contributed by atoms with Gasteiger partial charge in [0.25, 0.3) is 10.0 Å². The third kappa shape index (κ3) is 5.88. The van der Waals surface area contributed by atoms with E-state index in [4.69, 9.17) is 39.5 Å². The van der Waals surface area contributed by atoms with E-state index in [2.05, 4.69) is 14.9 Å². The van der Waals surface area contributed by atoms with E-state index in [1.54, 1.807) is 18.2 Å². The number of halogens is 3. The van der Waals surface area contributed by atoms with E-state index >= 15 is 0 Å². The molecule has 0 radical (unpaired) electrons. The summed E-state index contributed by atoms with van der Waals surface area (Å²) in [4.78, 5) is 2.27. The number of hydrogen-bond donors (Lipinski definition) is 2. The lowest BCUT2D eigenvalue weighted by atomic mass is 10.2. The number of anilines is 1. The number of hydrogen-bond acceptors (Lipinski definition) is 6. The monoisotopic (exact) mass is 531 g/mol. The molecule has 0 saturated carbocycles. The zero-order chi connectivity index (χ0) is 22.7. The molecule has 0 spiro atoms. The Kier molecular flexibility index (Phi) is 7.51. The van der Waals surface area contributed by atoms with Gasteiger partial charge in [0.1, 0.15) is 9.96 Å². The van der Waals surface area contributed by atoms with Crippen molar-refractivity contribution in [1.29, 1.82) is 0 Å². The van der Waals surface area contributed by atoms with E-state index in [0.29, 0.717) is 26.4 Å². The second-order valence-corrected chi connectivity index (χ2v) is 11.4. The summed E-state index contributed by atoms with van der Waals surface area (Å²) in [7, 11) is -3.80. The smallest absolute Gasteiger partial charge is 0.250 e.